The number of hydrogen-bond acceptors (Lipinski definition) is 1. The number of halogens is 1. The standard InChI is InChI=1S/C11H15N.ClH/c1-9-2-4-10(5-3-9)11-6-7-12-8-11;/h2-5,11-12H,6-8H2,1H3;1H/t11-;/m0./s1. The van der Waals surface area contributed by atoms with Crippen LogP contribution in [-0.4, -0.2) is 13.1 Å². The molecule has 2 rings (SSSR count). The molecule has 1 aromatic carbocycles. The number of aryl methyl sites for hydroxylation is 1. The zero-order valence-corrected chi connectivity index (χ0v) is 8.73. The van der Waals surface area contributed by atoms with Gasteiger partial charge in [-0.3, -0.25) is 0 Å². The van der Waals surface area contributed by atoms with Crippen molar-refractivity contribution >= 4 is 12.4 Å². The highest BCUT2D eigenvalue weighted by Gasteiger charge is 2.15. The monoisotopic (exact) mass is 197 g/mol. The van der Waals surface area contributed by atoms with Gasteiger partial charge < -0.3 is 5.32 Å². The maximum atomic E-state index is 3.39. The zero-order chi connectivity index (χ0) is 8.39. The molecule has 1 aliphatic rings. The summed E-state index contributed by atoms with van der Waals surface area (Å²) in [6.45, 7) is 4.47. The minimum absolute atomic E-state index is 0. The molecule has 1 fully saturated rings. The molecule has 0 aromatic heterocycles. The van der Waals surface area contributed by atoms with E-state index in [1.54, 1.807) is 0 Å². The Morgan fingerprint density at radius 1 is 1.23 bits per heavy atom. The Labute approximate surface area is 86.0 Å². The maximum Gasteiger partial charge on any atom is 0.00206 e. The van der Waals surface area contributed by atoms with Crippen LogP contribution in [0.2, 0.25) is 0 Å². The molecule has 13 heavy (non-hydrogen) atoms. The van der Waals surface area contributed by atoms with Crippen molar-refractivity contribution in [1.29, 1.82) is 0 Å². The second-order valence-electron chi connectivity index (χ2n) is 3.60. The highest BCUT2D eigenvalue weighted by Crippen LogP contribution is 2.21. The molecule has 0 radical (unpaired) electrons. The largest absolute Gasteiger partial charge is 0.316 e. The van der Waals surface area contributed by atoms with Gasteiger partial charge in [0.25, 0.3) is 0 Å². The van der Waals surface area contributed by atoms with Crippen LogP contribution >= 0.6 is 12.4 Å². The van der Waals surface area contributed by atoms with E-state index in [2.05, 4.69) is 36.5 Å². The first-order valence-corrected chi connectivity index (χ1v) is 4.63. The van der Waals surface area contributed by atoms with Gasteiger partial charge in [0, 0.05) is 6.54 Å². The topological polar surface area (TPSA) is 12.0 Å². The lowest BCUT2D eigenvalue weighted by atomic mass is 9.98. The van der Waals surface area contributed by atoms with Gasteiger partial charge >= 0.3 is 0 Å². The summed E-state index contributed by atoms with van der Waals surface area (Å²) in [6.07, 6.45) is 1.29. The van der Waals surface area contributed by atoms with E-state index in [1.807, 2.05) is 0 Å². The Balaban J connectivity index is 0.000000845. The molecule has 1 aromatic rings. The van der Waals surface area contributed by atoms with Crippen molar-refractivity contribution in [3.8, 4) is 0 Å². The summed E-state index contributed by atoms with van der Waals surface area (Å²) < 4.78 is 0. The highest BCUT2D eigenvalue weighted by atomic mass is 35.5. The van der Waals surface area contributed by atoms with Crippen LogP contribution in [0.25, 0.3) is 0 Å². The summed E-state index contributed by atoms with van der Waals surface area (Å²) in [5.41, 5.74) is 2.84. The molecule has 1 aliphatic heterocycles. The van der Waals surface area contributed by atoms with Gasteiger partial charge in [-0.25, -0.2) is 0 Å². The van der Waals surface area contributed by atoms with Crippen molar-refractivity contribution in [3.05, 3.63) is 35.4 Å². The second-order valence-corrected chi connectivity index (χ2v) is 3.60. The number of nitrogens with one attached hydrogen (secondary N) is 1. The molecule has 0 unspecified atom stereocenters. The molecule has 72 valence electrons. The summed E-state index contributed by atoms with van der Waals surface area (Å²) in [5, 5.41) is 3.39. The van der Waals surface area contributed by atoms with Crippen LogP contribution in [-0.2, 0) is 0 Å². The van der Waals surface area contributed by atoms with Crippen LogP contribution in [0.5, 0.6) is 0 Å². The fraction of sp³-hybridized carbons (Fsp3) is 0.455. The summed E-state index contributed by atoms with van der Waals surface area (Å²) >= 11 is 0. The highest BCUT2D eigenvalue weighted by molar-refractivity contribution is 5.85. The third-order valence-electron chi connectivity index (χ3n) is 2.61. The summed E-state index contributed by atoms with van der Waals surface area (Å²) in [4.78, 5) is 0. The Hall–Kier alpha value is -0.530. The molecule has 0 saturated carbocycles. The molecule has 0 amide bonds. The third kappa shape index (κ3) is 2.45. The third-order valence-corrected chi connectivity index (χ3v) is 2.61. The van der Waals surface area contributed by atoms with Gasteiger partial charge in [0.15, 0.2) is 0 Å². The molecular weight excluding hydrogens is 182 g/mol. The molecule has 2 heteroatoms. The molecule has 1 nitrogen and oxygen atoms in total. The quantitative estimate of drug-likeness (QED) is 0.730. The van der Waals surface area contributed by atoms with Crippen molar-refractivity contribution in [1.82, 2.24) is 5.32 Å². The van der Waals surface area contributed by atoms with E-state index in [4.69, 9.17) is 0 Å². The van der Waals surface area contributed by atoms with Gasteiger partial charge in [0.1, 0.15) is 0 Å². The van der Waals surface area contributed by atoms with Crippen molar-refractivity contribution in [2.24, 2.45) is 0 Å². The summed E-state index contributed by atoms with van der Waals surface area (Å²) in [6, 6.07) is 8.92. The average Bonchev–Trinajstić information content (AvgIpc) is 2.58. The van der Waals surface area contributed by atoms with Crippen molar-refractivity contribution in [3.63, 3.8) is 0 Å². The van der Waals surface area contributed by atoms with Crippen LogP contribution in [0, 0.1) is 6.92 Å². The summed E-state index contributed by atoms with van der Waals surface area (Å²) in [7, 11) is 0. The normalized spacial score (nSPS) is 21.2. The molecular formula is C11H16ClN. The van der Waals surface area contributed by atoms with Crippen LogP contribution < -0.4 is 5.32 Å². The van der Waals surface area contributed by atoms with Gasteiger partial charge in [0.2, 0.25) is 0 Å². The average molecular weight is 198 g/mol. The number of hydrogen-bond donors (Lipinski definition) is 1. The number of benzene rings is 1. The van der Waals surface area contributed by atoms with E-state index < -0.39 is 0 Å². The first-order valence-electron chi connectivity index (χ1n) is 4.63. The van der Waals surface area contributed by atoms with E-state index in [0.717, 1.165) is 12.5 Å². The van der Waals surface area contributed by atoms with Gasteiger partial charge in [-0.15, -0.1) is 12.4 Å². The lowest BCUT2D eigenvalue weighted by Gasteiger charge is -2.07. The Bertz CT molecular complexity index is 249. The van der Waals surface area contributed by atoms with E-state index in [-0.39, 0.29) is 12.4 Å². The second kappa shape index (κ2) is 4.64. The van der Waals surface area contributed by atoms with Crippen molar-refractivity contribution < 1.29 is 0 Å². The smallest absolute Gasteiger partial charge is 0.00206 e. The molecule has 1 heterocycles. The Kier molecular flexibility index (Phi) is 3.76. The molecule has 1 saturated heterocycles. The molecule has 0 spiro atoms. The van der Waals surface area contributed by atoms with Gasteiger partial charge in [-0.1, -0.05) is 29.8 Å². The van der Waals surface area contributed by atoms with Gasteiger partial charge in [0.05, 0.1) is 0 Å². The fourth-order valence-corrected chi connectivity index (χ4v) is 1.78. The first kappa shape index (κ1) is 10.6. The SMILES string of the molecule is Cc1ccc([C@H]2CCNC2)cc1.Cl. The van der Waals surface area contributed by atoms with Gasteiger partial charge in [-0.05, 0) is 31.4 Å². The van der Waals surface area contributed by atoms with Crippen LogP contribution in [0.15, 0.2) is 24.3 Å². The minimum atomic E-state index is 0. The van der Waals surface area contributed by atoms with E-state index in [9.17, 15) is 0 Å². The molecule has 1 N–H and O–H groups in total. The lowest BCUT2D eigenvalue weighted by Crippen LogP contribution is -2.07. The Morgan fingerprint density at radius 2 is 1.92 bits per heavy atom. The van der Waals surface area contributed by atoms with E-state index >= 15 is 0 Å². The van der Waals surface area contributed by atoms with Crippen LogP contribution in [0.3, 0.4) is 0 Å². The Morgan fingerprint density at radius 3 is 2.46 bits per heavy atom. The lowest BCUT2D eigenvalue weighted by molar-refractivity contribution is 0.763. The zero-order valence-electron chi connectivity index (χ0n) is 7.92. The predicted octanol–water partition coefficient (Wildman–Crippen LogP) is 2.49. The van der Waals surface area contributed by atoms with Crippen molar-refractivity contribution in [2.45, 2.75) is 19.3 Å². The van der Waals surface area contributed by atoms with Gasteiger partial charge in [-0.2, -0.15) is 0 Å². The fourth-order valence-electron chi connectivity index (χ4n) is 1.78. The van der Waals surface area contributed by atoms with Crippen molar-refractivity contribution in [2.75, 3.05) is 13.1 Å². The van der Waals surface area contributed by atoms with Crippen LogP contribution in [0.1, 0.15) is 23.5 Å². The molecule has 0 bridgehead atoms. The van der Waals surface area contributed by atoms with Crippen LogP contribution in [0.4, 0.5) is 0 Å². The molecule has 1 atom stereocenters. The predicted molar refractivity (Wildman–Crippen MR) is 58.7 cm³/mol. The minimum Gasteiger partial charge on any atom is -0.316 e. The molecule has 0 aliphatic carbocycles. The first-order chi connectivity index (χ1) is 5.86. The number of rotatable bonds is 1. The maximum absolute atomic E-state index is 3.39. The van der Waals surface area contributed by atoms with E-state index in [0.29, 0.717) is 0 Å². The summed E-state index contributed by atoms with van der Waals surface area (Å²) in [5.74, 6) is 0.755. The van der Waals surface area contributed by atoms with E-state index in [1.165, 1.54) is 24.1 Å².